The van der Waals surface area contributed by atoms with Crippen LogP contribution in [0.4, 0.5) is 51.2 Å². The molecule has 0 spiro atoms. The second-order valence-corrected chi connectivity index (χ2v) is 27.5. The molecule has 0 amide bonds. The molecule has 0 aliphatic carbocycles. The number of anilines is 9. The van der Waals surface area contributed by atoms with Crippen molar-refractivity contribution in [1.29, 1.82) is 0 Å². The predicted octanol–water partition coefficient (Wildman–Crippen LogP) is 18.6. The first-order chi connectivity index (χ1) is 35.3. The van der Waals surface area contributed by atoms with Crippen LogP contribution in [0.3, 0.4) is 0 Å². The fraction of sp³-hybridized carbons (Fsp3) is 0.286. The zero-order valence-corrected chi connectivity index (χ0v) is 47.9. The largest absolute Gasteiger partial charge is 0.311 e. The van der Waals surface area contributed by atoms with E-state index in [2.05, 4.69) is 294 Å². The Balaban J connectivity index is 1.31. The Morgan fingerprint density at radius 2 is 0.853 bits per heavy atom. The molecule has 0 unspecified atom stereocenters. The van der Waals surface area contributed by atoms with E-state index in [1.807, 2.05) is 11.3 Å². The summed E-state index contributed by atoms with van der Waals surface area (Å²) < 4.78 is 1.31. The van der Waals surface area contributed by atoms with Gasteiger partial charge in [0.1, 0.15) is 0 Å². The summed E-state index contributed by atoms with van der Waals surface area (Å²) in [6.45, 7) is 34.9. The van der Waals surface area contributed by atoms with Gasteiger partial charge in [-0.25, -0.2) is 0 Å². The maximum absolute atomic E-state index is 2.66. The Hall–Kier alpha value is -6.82. The van der Waals surface area contributed by atoms with Gasteiger partial charge < -0.3 is 14.7 Å². The fourth-order valence-corrected chi connectivity index (χ4v) is 12.4. The minimum absolute atomic E-state index is 0.00448. The normalized spacial score (nSPS) is 13.7. The Morgan fingerprint density at radius 3 is 1.39 bits per heavy atom. The average molecular weight is 1000 g/mol. The van der Waals surface area contributed by atoms with Gasteiger partial charge in [-0.05, 0) is 156 Å². The number of hydrogen-bond acceptors (Lipinski definition) is 4. The molecule has 0 saturated heterocycles. The number of hydrogen-bond donors (Lipinski definition) is 0. The number of para-hydroxylation sites is 2. The van der Waals surface area contributed by atoms with E-state index in [1.54, 1.807) is 0 Å². The molecule has 0 saturated carbocycles. The van der Waals surface area contributed by atoms with Gasteiger partial charge >= 0.3 is 0 Å². The predicted molar refractivity (Wildman–Crippen MR) is 329 cm³/mol. The van der Waals surface area contributed by atoms with Gasteiger partial charge in [0, 0.05) is 55.0 Å². The number of benzene rings is 8. The van der Waals surface area contributed by atoms with Gasteiger partial charge in [-0.1, -0.05) is 201 Å². The van der Waals surface area contributed by atoms with Crippen LogP contribution in [0.1, 0.15) is 131 Å². The van der Waals surface area contributed by atoms with E-state index < -0.39 is 0 Å². The lowest BCUT2D eigenvalue weighted by molar-refractivity contribution is 0.590. The summed E-state index contributed by atoms with van der Waals surface area (Å²) in [6, 6.07) is 67.9. The van der Waals surface area contributed by atoms with E-state index >= 15 is 0 Å². The highest BCUT2D eigenvalue weighted by Crippen LogP contribution is 2.52. The second-order valence-electron chi connectivity index (χ2n) is 26.4. The van der Waals surface area contributed by atoms with Gasteiger partial charge in [-0.15, -0.1) is 11.3 Å². The van der Waals surface area contributed by atoms with E-state index in [0.29, 0.717) is 0 Å². The molecule has 2 aliphatic rings. The average Bonchev–Trinajstić information content (AvgIpc) is 3.83. The molecule has 0 bridgehead atoms. The number of rotatable bonds is 6. The second kappa shape index (κ2) is 17.9. The third-order valence-corrected chi connectivity index (χ3v) is 17.3. The minimum atomic E-state index is -0.0710. The summed E-state index contributed by atoms with van der Waals surface area (Å²) in [7, 11) is 0. The van der Waals surface area contributed by atoms with Crippen molar-refractivity contribution >= 4 is 95.7 Å². The molecule has 8 aromatic carbocycles. The quantitative estimate of drug-likeness (QED) is 0.154. The van der Waals surface area contributed by atoms with Crippen molar-refractivity contribution in [3.05, 3.63) is 203 Å². The molecule has 0 N–H and O–H groups in total. The SMILES string of the molecule is CC(C)(C)c1ccc(-c2cc(C(C)(C)C)ccc2N2c3cc4sc(C(C)(C)C)cc4cc3B3c4cc(C(C)(C)C)ccc4N(c4ccc(C(C)(C)C)cc4)c4cc(N(c5ccccc5)c5ccccc5)cc2c43)cc1. The van der Waals surface area contributed by atoms with Crippen molar-refractivity contribution in [1.82, 2.24) is 0 Å². The first-order valence-electron chi connectivity index (χ1n) is 27.1. The van der Waals surface area contributed by atoms with Crippen LogP contribution in [-0.2, 0) is 27.1 Å². The van der Waals surface area contributed by atoms with Gasteiger partial charge in [0.15, 0.2) is 0 Å². The summed E-state index contributed by atoms with van der Waals surface area (Å²) in [5.74, 6) is 0. The van der Waals surface area contributed by atoms with Crippen LogP contribution in [0.2, 0.25) is 0 Å². The van der Waals surface area contributed by atoms with Gasteiger partial charge in [-0.2, -0.15) is 0 Å². The number of fused-ring (bicyclic) bond motifs is 5. The summed E-state index contributed by atoms with van der Waals surface area (Å²) in [4.78, 5) is 9.09. The zero-order chi connectivity index (χ0) is 53.1. The molecule has 75 heavy (non-hydrogen) atoms. The van der Waals surface area contributed by atoms with Gasteiger partial charge in [0.25, 0.3) is 6.71 Å². The van der Waals surface area contributed by atoms with Crippen molar-refractivity contribution in [3.8, 4) is 11.1 Å². The molecule has 0 atom stereocenters. The van der Waals surface area contributed by atoms with Crippen molar-refractivity contribution in [3.63, 3.8) is 0 Å². The number of thiophene rings is 1. The molecule has 3 nitrogen and oxygen atoms in total. The molecule has 0 radical (unpaired) electrons. The number of nitrogens with zero attached hydrogens (tertiary/aromatic N) is 3. The van der Waals surface area contributed by atoms with Crippen LogP contribution in [0, 0.1) is 0 Å². The maximum Gasteiger partial charge on any atom is 0.252 e. The minimum Gasteiger partial charge on any atom is -0.311 e. The maximum atomic E-state index is 2.66. The smallest absolute Gasteiger partial charge is 0.252 e. The van der Waals surface area contributed by atoms with Crippen molar-refractivity contribution in [2.24, 2.45) is 0 Å². The molecular weight excluding hydrogens is 926 g/mol. The van der Waals surface area contributed by atoms with Crippen LogP contribution < -0.4 is 31.1 Å². The Labute approximate surface area is 453 Å². The molecule has 11 rings (SSSR count). The van der Waals surface area contributed by atoms with Crippen LogP contribution in [0.15, 0.2) is 176 Å². The molecule has 0 fully saturated rings. The molecule has 2 aliphatic heterocycles. The third kappa shape index (κ3) is 9.09. The fourth-order valence-electron chi connectivity index (χ4n) is 11.3. The standard InChI is InChI=1S/C70H74BN3S/c1-66(2,3)47-28-26-45(27-29-47)55-40-49(68(7,8)9)32-36-58(55)74-60-44-63-46(39-64(75-63)70(13,14)15)38-56(60)71-57-41-50(69(10,11)12)33-37-59(57)73(53-34-30-48(31-35-53)67(4,5)6)61-42-54(43-62(74)65(61)71)72(51-22-18-16-19-23-51)52-24-20-17-21-25-52/h16-44H,1-15H3. The Bertz CT molecular complexity index is 3570. The monoisotopic (exact) mass is 1000 g/mol. The molecule has 378 valence electrons. The summed E-state index contributed by atoms with van der Waals surface area (Å²) in [5, 5.41) is 1.30. The highest BCUT2D eigenvalue weighted by molar-refractivity contribution is 7.19. The van der Waals surface area contributed by atoms with Gasteiger partial charge in [0.05, 0.1) is 11.4 Å². The molecule has 5 heteroatoms. The van der Waals surface area contributed by atoms with Crippen LogP contribution in [0.5, 0.6) is 0 Å². The van der Waals surface area contributed by atoms with Crippen LogP contribution in [0.25, 0.3) is 21.2 Å². The summed E-state index contributed by atoms with van der Waals surface area (Å²) in [6.07, 6.45) is 0. The highest BCUT2D eigenvalue weighted by Gasteiger charge is 2.45. The zero-order valence-electron chi connectivity index (χ0n) is 47.1. The summed E-state index contributed by atoms with van der Waals surface area (Å²) >= 11 is 1.94. The third-order valence-electron chi connectivity index (χ3n) is 15.7. The molecular formula is C70H74BN3S. The van der Waals surface area contributed by atoms with E-state index in [9.17, 15) is 0 Å². The van der Waals surface area contributed by atoms with E-state index in [-0.39, 0.29) is 33.8 Å². The van der Waals surface area contributed by atoms with E-state index in [4.69, 9.17) is 0 Å². The van der Waals surface area contributed by atoms with Gasteiger partial charge in [-0.3, -0.25) is 0 Å². The van der Waals surface area contributed by atoms with Crippen molar-refractivity contribution in [2.75, 3.05) is 14.7 Å². The molecule has 3 heterocycles. The Kier molecular flexibility index (Phi) is 12.0. The lowest BCUT2D eigenvalue weighted by atomic mass is 9.33. The van der Waals surface area contributed by atoms with E-state index in [0.717, 1.165) is 22.7 Å². The van der Waals surface area contributed by atoms with Crippen molar-refractivity contribution in [2.45, 2.75) is 131 Å². The lowest BCUT2D eigenvalue weighted by Crippen LogP contribution is -2.61. The van der Waals surface area contributed by atoms with Gasteiger partial charge in [0.2, 0.25) is 0 Å². The van der Waals surface area contributed by atoms with E-state index in [1.165, 1.54) is 93.2 Å². The molecule has 9 aromatic rings. The first kappa shape index (κ1) is 50.3. The lowest BCUT2D eigenvalue weighted by Gasteiger charge is -2.45. The van der Waals surface area contributed by atoms with Crippen molar-refractivity contribution < 1.29 is 0 Å². The topological polar surface area (TPSA) is 9.72 Å². The summed E-state index contributed by atoms with van der Waals surface area (Å²) in [5.41, 5.74) is 22.0. The van der Waals surface area contributed by atoms with Crippen LogP contribution >= 0.6 is 11.3 Å². The first-order valence-corrected chi connectivity index (χ1v) is 27.9. The Morgan fingerprint density at radius 1 is 0.373 bits per heavy atom. The van der Waals surface area contributed by atoms with Crippen LogP contribution in [-0.4, -0.2) is 6.71 Å². The highest BCUT2D eigenvalue weighted by atomic mass is 32.1. The molecule has 1 aromatic heterocycles.